The lowest BCUT2D eigenvalue weighted by Gasteiger charge is -2.07. The zero-order valence-electron chi connectivity index (χ0n) is 17.0. The van der Waals surface area contributed by atoms with Gasteiger partial charge in [-0.25, -0.2) is 9.97 Å². The van der Waals surface area contributed by atoms with Crippen LogP contribution in [0.25, 0.3) is 6.08 Å². The van der Waals surface area contributed by atoms with E-state index in [2.05, 4.69) is 21.4 Å². The molecule has 0 unspecified atom stereocenters. The number of methoxy groups -OCH3 is 1. The first-order chi connectivity index (χ1) is 14.4. The average Bonchev–Trinajstić information content (AvgIpc) is 3.12. The number of esters is 1. The van der Waals surface area contributed by atoms with Gasteiger partial charge in [0.05, 0.1) is 13.4 Å². The number of benzene rings is 1. The van der Waals surface area contributed by atoms with E-state index in [1.54, 1.807) is 24.7 Å². The van der Waals surface area contributed by atoms with Crippen molar-refractivity contribution in [3.8, 4) is 11.6 Å². The highest BCUT2D eigenvalue weighted by Gasteiger charge is 2.09. The number of nitrogens with one attached hydrogen (secondary N) is 1. The van der Waals surface area contributed by atoms with Crippen molar-refractivity contribution >= 4 is 23.8 Å². The van der Waals surface area contributed by atoms with Gasteiger partial charge in [-0.3, -0.25) is 9.59 Å². The van der Waals surface area contributed by atoms with Crippen LogP contribution in [0.5, 0.6) is 11.6 Å². The number of ether oxygens (including phenoxy) is 2. The maximum Gasteiger partial charge on any atom is 0.308 e. The van der Waals surface area contributed by atoms with Crippen LogP contribution in [0, 0.1) is 6.92 Å². The molecule has 1 aromatic carbocycles. The molecular formula is C22H22N4O4. The summed E-state index contributed by atoms with van der Waals surface area (Å²) in [5.41, 5.74) is 2.92. The van der Waals surface area contributed by atoms with Crippen molar-refractivity contribution < 1.29 is 19.1 Å². The van der Waals surface area contributed by atoms with Crippen LogP contribution in [0.4, 0.5) is 5.82 Å². The fourth-order valence-corrected chi connectivity index (χ4v) is 2.79. The molecule has 0 spiro atoms. The Bertz CT molecular complexity index is 1090. The Morgan fingerprint density at radius 2 is 2.07 bits per heavy atom. The van der Waals surface area contributed by atoms with E-state index in [0.29, 0.717) is 17.9 Å². The highest BCUT2D eigenvalue weighted by Crippen LogP contribution is 2.25. The summed E-state index contributed by atoms with van der Waals surface area (Å²) in [4.78, 5) is 31.7. The zero-order chi connectivity index (χ0) is 21.5. The van der Waals surface area contributed by atoms with Crippen molar-refractivity contribution in [2.75, 3.05) is 12.4 Å². The van der Waals surface area contributed by atoms with E-state index in [-0.39, 0.29) is 17.5 Å². The molecular weight excluding hydrogens is 384 g/mol. The Kier molecular flexibility index (Phi) is 6.59. The molecule has 2 aromatic heterocycles. The summed E-state index contributed by atoms with van der Waals surface area (Å²) >= 11 is 0. The quantitative estimate of drug-likeness (QED) is 0.478. The van der Waals surface area contributed by atoms with Gasteiger partial charge in [0.15, 0.2) is 11.6 Å². The molecule has 8 heteroatoms. The van der Waals surface area contributed by atoms with Crippen LogP contribution in [0.3, 0.4) is 0 Å². The van der Waals surface area contributed by atoms with E-state index in [9.17, 15) is 9.59 Å². The highest BCUT2D eigenvalue weighted by atomic mass is 16.6. The number of carbonyl (C=O) groups excluding carboxylic acids is 2. The number of rotatable bonds is 7. The van der Waals surface area contributed by atoms with Crippen LogP contribution in [0.15, 0.2) is 55.1 Å². The summed E-state index contributed by atoms with van der Waals surface area (Å²) in [6.45, 7) is 3.99. The number of hydrogen-bond donors (Lipinski definition) is 1. The van der Waals surface area contributed by atoms with E-state index in [4.69, 9.17) is 9.47 Å². The minimum absolute atomic E-state index is 0.183. The molecule has 2 heterocycles. The van der Waals surface area contributed by atoms with Gasteiger partial charge in [-0.05, 0) is 30.2 Å². The first-order valence-corrected chi connectivity index (χ1v) is 9.22. The molecule has 154 valence electrons. The first-order valence-electron chi connectivity index (χ1n) is 9.22. The molecule has 1 amide bonds. The molecule has 0 saturated carbocycles. The molecule has 0 atom stereocenters. The van der Waals surface area contributed by atoms with E-state index >= 15 is 0 Å². The van der Waals surface area contributed by atoms with Crippen molar-refractivity contribution in [3.63, 3.8) is 0 Å². The molecule has 1 N–H and O–H groups in total. The Morgan fingerprint density at radius 1 is 1.23 bits per heavy atom. The lowest BCUT2D eigenvalue weighted by Crippen LogP contribution is -2.08. The third-order valence-electron chi connectivity index (χ3n) is 4.05. The number of aryl methyl sites for hydroxylation is 1. The third kappa shape index (κ3) is 5.78. The zero-order valence-corrected chi connectivity index (χ0v) is 17.0. The van der Waals surface area contributed by atoms with Crippen LogP contribution >= 0.6 is 0 Å². The van der Waals surface area contributed by atoms with Crippen molar-refractivity contribution in [2.24, 2.45) is 0 Å². The van der Waals surface area contributed by atoms with Crippen molar-refractivity contribution in [1.29, 1.82) is 0 Å². The second-order valence-corrected chi connectivity index (χ2v) is 6.61. The summed E-state index contributed by atoms with van der Waals surface area (Å²) in [6, 6.07) is 9.77. The van der Waals surface area contributed by atoms with Gasteiger partial charge in [-0.15, -0.1) is 0 Å². The number of anilines is 1. The van der Waals surface area contributed by atoms with E-state index < -0.39 is 5.97 Å². The smallest absolute Gasteiger partial charge is 0.308 e. The summed E-state index contributed by atoms with van der Waals surface area (Å²) in [7, 11) is 1.43. The monoisotopic (exact) mass is 406 g/mol. The van der Waals surface area contributed by atoms with Gasteiger partial charge < -0.3 is 19.4 Å². The molecule has 0 aliphatic heterocycles. The van der Waals surface area contributed by atoms with Crippen LogP contribution in [-0.4, -0.2) is 33.5 Å². The van der Waals surface area contributed by atoms with Crippen molar-refractivity contribution in [2.45, 2.75) is 20.4 Å². The van der Waals surface area contributed by atoms with Crippen LogP contribution < -0.4 is 14.8 Å². The number of amides is 1. The molecule has 0 aliphatic carbocycles. The van der Waals surface area contributed by atoms with Gasteiger partial charge in [0, 0.05) is 31.9 Å². The van der Waals surface area contributed by atoms with Gasteiger partial charge in [0.25, 0.3) is 5.88 Å². The summed E-state index contributed by atoms with van der Waals surface area (Å²) in [5, 5.41) is 2.71. The number of nitrogens with zero attached hydrogens (tertiary/aromatic N) is 3. The van der Waals surface area contributed by atoms with Crippen LogP contribution in [-0.2, 0) is 16.1 Å². The highest BCUT2D eigenvalue weighted by molar-refractivity contribution is 6.01. The van der Waals surface area contributed by atoms with Crippen molar-refractivity contribution in [3.05, 3.63) is 71.8 Å². The maximum absolute atomic E-state index is 12.2. The Balaban J connectivity index is 1.62. The average molecular weight is 406 g/mol. The lowest BCUT2D eigenvalue weighted by molar-refractivity contribution is -0.132. The molecule has 0 saturated heterocycles. The van der Waals surface area contributed by atoms with Crippen molar-refractivity contribution in [1.82, 2.24) is 14.5 Å². The SMILES string of the molecule is COc1ncc(/C=C/C(=O)Nc2cn(Cc3cccc(C)c3)cn2)cc1OC(C)=O. The molecule has 0 radical (unpaired) electrons. The first kappa shape index (κ1) is 20.8. The largest absolute Gasteiger partial charge is 0.478 e. The molecule has 3 aromatic rings. The van der Waals surface area contributed by atoms with Crippen LogP contribution in [0.1, 0.15) is 23.6 Å². The predicted octanol–water partition coefficient (Wildman–Crippen LogP) is 3.22. The number of pyridine rings is 1. The third-order valence-corrected chi connectivity index (χ3v) is 4.05. The standard InChI is InChI=1S/C22H22N4O4/c1-15-5-4-6-18(9-15)12-26-13-20(24-14-26)25-21(28)8-7-17-10-19(30-16(2)27)22(29-3)23-11-17/h4-11,13-14H,12H2,1-3H3,(H,25,28)/b8-7+. The van der Waals surface area contributed by atoms with E-state index in [1.165, 1.54) is 31.9 Å². The summed E-state index contributed by atoms with van der Waals surface area (Å²) < 4.78 is 12.0. The maximum atomic E-state index is 12.2. The second-order valence-electron chi connectivity index (χ2n) is 6.61. The van der Waals surface area contributed by atoms with Gasteiger partial charge in [0.1, 0.15) is 0 Å². The minimum Gasteiger partial charge on any atom is -0.478 e. The molecule has 0 bridgehead atoms. The Labute approximate surface area is 174 Å². The fourth-order valence-electron chi connectivity index (χ4n) is 2.79. The topological polar surface area (TPSA) is 95.3 Å². The van der Waals surface area contributed by atoms with Gasteiger partial charge in [-0.1, -0.05) is 29.8 Å². The van der Waals surface area contributed by atoms with E-state index in [0.717, 1.165) is 5.56 Å². The Morgan fingerprint density at radius 3 is 2.80 bits per heavy atom. The molecule has 3 rings (SSSR count). The predicted molar refractivity (Wildman–Crippen MR) is 112 cm³/mol. The molecule has 0 aliphatic rings. The van der Waals surface area contributed by atoms with E-state index in [1.807, 2.05) is 29.7 Å². The second kappa shape index (κ2) is 9.51. The number of aromatic nitrogens is 3. The number of hydrogen-bond acceptors (Lipinski definition) is 6. The summed E-state index contributed by atoms with van der Waals surface area (Å²) in [6.07, 6.45) is 7.84. The van der Waals surface area contributed by atoms with Gasteiger partial charge in [-0.2, -0.15) is 0 Å². The van der Waals surface area contributed by atoms with Gasteiger partial charge >= 0.3 is 5.97 Å². The fraction of sp³-hybridized carbons (Fsp3) is 0.182. The molecule has 8 nitrogen and oxygen atoms in total. The lowest BCUT2D eigenvalue weighted by atomic mass is 10.1. The molecule has 0 fully saturated rings. The Hall–Kier alpha value is -3.94. The minimum atomic E-state index is -0.491. The van der Waals surface area contributed by atoms with Crippen LogP contribution in [0.2, 0.25) is 0 Å². The van der Waals surface area contributed by atoms with Gasteiger partial charge in [0.2, 0.25) is 5.91 Å². The molecule has 30 heavy (non-hydrogen) atoms. The normalized spacial score (nSPS) is 10.8. The number of carbonyl (C=O) groups is 2. The summed E-state index contributed by atoms with van der Waals surface area (Å²) in [5.74, 6) is -0.0185. The number of imidazole rings is 1.